The molecule has 0 aliphatic rings. The molecule has 0 radical (unpaired) electrons. The number of rotatable bonds is 69. The second-order valence-corrected chi connectivity index (χ2v) is 30.0. The highest BCUT2D eigenvalue weighted by atomic mass is 31.2. The summed E-state index contributed by atoms with van der Waals surface area (Å²) in [5.74, 6) is 0.0478. The highest BCUT2D eigenvalue weighted by Crippen LogP contribution is 2.45. The molecule has 3 N–H and O–H groups in total. The summed E-state index contributed by atoms with van der Waals surface area (Å²) in [6, 6.07) is 0. The van der Waals surface area contributed by atoms with Crippen LogP contribution in [0.15, 0.2) is 24.3 Å². The van der Waals surface area contributed by atoms with E-state index in [4.69, 9.17) is 37.0 Å². The Kier molecular flexibility index (Phi) is 61.6. The summed E-state index contributed by atoms with van der Waals surface area (Å²) < 4.78 is 68.3. The first-order valence-electron chi connectivity index (χ1n) is 37.2. The van der Waals surface area contributed by atoms with Crippen molar-refractivity contribution in [3.05, 3.63) is 24.3 Å². The van der Waals surface area contributed by atoms with Gasteiger partial charge in [-0.25, -0.2) is 9.13 Å². The number of carbonyl (C=O) groups excluding carboxylic acids is 4. The van der Waals surface area contributed by atoms with Crippen LogP contribution in [-0.4, -0.2) is 96.7 Å². The fourth-order valence-electron chi connectivity index (χ4n) is 10.5. The third-order valence-electron chi connectivity index (χ3n) is 16.3. The zero-order chi connectivity index (χ0) is 68.0. The monoisotopic (exact) mass is 1350 g/mol. The molecule has 92 heavy (non-hydrogen) atoms. The highest BCUT2D eigenvalue weighted by Gasteiger charge is 2.30. The van der Waals surface area contributed by atoms with E-state index in [1.807, 2.05) is 0 Å². The lowest BCUT2D eigenvalue weighted by atomic mass is 10.0. The number of allylic oxidation sites excluding steroid dienone is 4. The summed E-state index contributed by atoms with van der Waals surface area (Å²) in [4.78, 5) is 72.6. The summed E-state index contributed by atoms with van der Waals surface area (Å²) in [6.07, 6.45) is 50.9. The van der Waals surface area contributed by atoms with Crippen LogP contribution < -0.4 is 0 Å². The lowest BCUT2D eigenvalue weighted by Crippen LogP contribution is -2.30. The minimum absolute atomic E-state index is 0.0994. The van der Waals surface area contributed by atoms with Crippen molar-refractivity contribution < 1.29 is 80.2 Å². The smallest absolute Gasteiger partial charge is 0.462 e. The minimum atomic E-state index is -4.96. The third kappa shape index (κ3) is 66.2. The van der Waals surface area contributed by atoms with Crippen molar-refractivity contribution in [3.63, 3.8) is 0 Å². The Labute approximate surface area is 561 Å². The van der Waals surface area contributed by atoms with Crippen LogP contribution in [0.2, 0.25) is 0 Å². The van der Waals surface area contributed by atoms with E-state index in [1.54, 1.807) is 0 Å². The number of phosphoric acid groups is 2. The maximum absolute atomic E-state index is 13.0. The number of aliphatic hydroxyl groups is 1. The molecule has 0 aromatic heterocycles. The van der Waals surface area contributed by atoms with Gasteiger partial charge in [-0.05, 0) is 69.1 Å². The van der Waals surface area contributed by atoms with Crippen molar-refractivity contribution >= 4 is 39.5 Å². The minimum Gasteiger partial charge on any atom is -0.462 e. The van der Waals surface area contributed by atoms with Crippen LogP contribution in [0.3, 0.4) is 0 Å². The number of hydrogen-bond donors (Lipinski definition) is 3. The quantitative estimate of drug-likeness (QED) is 0.0169. The first-order valence-corrected chi connectivity index (χ1v) is 40.2. The van der Waals surface area contributed by atoms with E-state index >= 15 is 0 Å². The van der Waals surface area contributed by atoms with Gasteiger partial charge >= 0.3 is 39.5 Å². The van der Waals surface area contributed by atoms with Crippen LogP contribution >= 0.6 is 15.6 Å². The van der Waals surface area contributed by atoms with E-state index in [9.17, 15) is 43.2 Å². The van der Waals surface area contributed by atoms with E-state index < -0.39 is 97.5 Å². The van der Waals surface area contributed by atoms with E-state index in [0.717, 1.165) is 127 Å². The topological polar surface area (TPSA) is 237 Å². The van der Waals surface area contributed by atoms with Crippen LogP contribution in [0.25, 0.3) is 0 Å². The first-order chi connectivity index (χ1) is 44.2. The first kappa shape index (κ1) is 89.5. The summed E-state index contributed by atoms with van der Waals surface area (Å²) in [5.41, 5.74) is 0. The Morgan fingerprint density at radius 3 is 0.880 bits per heavy atom. The highest BCUT2D eigenvalue weighted by molar-refractivity contribution is 7.47. The van der Waals surface area contributed by atoms with Crippen LogP contribution in [0, 0.1) is 17.8 Å². The molecule has 0 amide bonds. The van der Waals surface area contributed by atoms with E-state index in [-0.39, 0.29) is 25.7 Å². The number of hydrogen-bond acceptors (Lipinski definition) is 15. The van der Waals surface area contributed by atoms with Gasteiger partial charge in [-0.1, -0.05) is 291 Å². The van der Waals surface area contributed by atoms with Gasteiger partial charge in [0.05, 0.1) is 26.4 Å². The lowest BCUT2D eigenvalue weighted by molar-refractivity contribution is -0.161. The molecule has 0 aliphatic heterocycles. The zero-order valence-electron chi connectivity index (χ0n) is 59.5. The molecule has 0 spiro atoms. The molecule has 0 aromatic rings. The van der Waals surface area contributed by atoms with Crippen LogP contribution in [0.1, 0.15) is 344 Å². The molecule has 0 saturated carbocycles. The molecule has 0 saturated heterocycles. The molecule has 0 aromatic carbocycles. The largest absolute Gasteiger partial charge is 0.472 e. The molecule has 0 heterocycles. The molecule has 542 valence electrons. The number of aliphatic hydroxyl groups excluding tert-OH is 1. The van der Waals surface area contributed by atoms with Gasteiger partial charge in [0.25, 0.3) is 0 Å². The Bertz CT molecular complexity index is 1890. The summed E-state index contributed by atoms with van der Waals surface area (Å²) >= 11 is 0. The SMILES string of the molecule is CCCCCC/C=C\C=C/CCCCCCCC(=O)OC[C@H](COP(=O)(O)OC[C@@H](O)COP(=O)(O)OC[C@@H](COC(=O)CCCCCCCCC(C)C)OC(=O)CCCCCCCCCCCCC(C)C)OC(=O)CCCCCCCCCCCCCCC(C)C. The van der Waals surface area contributed by atoms with E-state index in [2.05, 4.69) is 72.8 Å². The lowest BCUT2D eigenvalue weighted by Gasteiger charge is -2.21. The normalized spacial score (nSPS) is 14.3. The number of esters is 4. The Hall–Kier alpha value is -2.46. The number of carbonyl (C=O) groups is 4. The standard InChI is InChI=1S/C73H138O17P2/c1-8-9-10-11-12-13-14-15-16-17-21-27-32-40-47-54-70(75)83-60-68(89-72(77)56-49-42-33-28-22-19-18-20-25-30-37-44-51-64(2)3)62-87-91(79,80)85-58-67(74)59-86-92(81,82)88-63-69(61-84-71(76)55-48-41-36-35-39-46-53-66(6)7)90-73(78)57-50-43-34-29-24-23-26-31-38-45-52-65(4)5/h13-16,64-69,74H,8-12,17-63H2,1-7H3,(H,79,80)(H,81,82)/b14-13-,16-15-/t67-,68-,69-/m1/s1. The van der Waals surface area contributed by atoms with Gasteiger partial charge in [-0.3, -0.25) is 37.3 Å². The van der Waals surface area contributed by atoms with Gasteiger partial charge < -0.3 is 33.8 Å². The number of unbranched alkanes of at least 4 members (excludes halogenated alkanes) is 34. The van der Waals surface area contributed by atoms with Crippen LogP contribution in [0.5, 0.6) is 0 Å². The van der Waals surface area contributed by atoms with Gasteiger partial charge in [0.2, 0.25) is 0 Å². The summed E-state index contributed by atoms with van der Waals surface area (Å²) in [5, 5.41) is 10.6. The molecular weight excluding hydrogens is 1210 g/mol. The fraction of sp³-hybridized carbons (Fsp3) is 0.890. The summed E-state index contributed by atoms with van der Waals surface area (Å²) in [7, 11) is -9.92. The van der Waals surface area contributed by atoms with Crippen molar-refractivity contribution in [1.29, 1.82) is 0 Å². The maximum atomic E-state index is 13.0. The molecule has 5 atom stereocenters. The second kappa shape index (κ2) is 63.3. The van der Waals surface area contributed by atoms with Gasteiger partial charge in [0, 0.05) is 25.7 Å². The predicted octanol–water partition coefficient (Wildman–Crippen LogP) is 20.6. The fourth-order valence-corrected chi connectivity index (χ4v) is 12.1. The van der Waals surface area contributed by atoms with Crippen molar-refractivity contribution in [2.45, 2.75) is 362 Å². The second-order valence-electron chi connectivity index (χ2n) is 27.1. The van der Waals surface area contributed by atoms with Crippen LogP contribution in [0.4, 0.5) is 0 Å². The van der Waals surface area contributed by atoms with Crippen molar-refractivity contribution in [2.75, 3.05) is 39.6 Å². The average molecular weight is 1350 g/mol. The van der Waals surface area contributed by atoms with Gasteiger partial charge in [-0.2, -0.15) is 0 Å². The molecule has 2 unspecified atom stereocenters. The molecule has 19 heteroatoms. The van der Waals surface area contributed by atoms with Gasteiger partial charge in [-0.15, -0.1) is 0 Å². The Balaban J connectivity index is 5.28. The number of ether oxygens (including phenoxy) is 4. The maximum Gasteiger partial charge on any atom is 0.472 e. The van der Waals surface area contributed by atoms with Crippen molar-refractivity contribution in [1.82, 2.24) is 0 Å². The number of phosphoric ester groups is 2. The van der Waals surface area contributed by atoms with Gasteiger partial charge in [0.1, 0.15) is 19.3 Å². The zero-order valence-corrected chi connectivity index (χ0v) is 61.3. The Morgan fingerprint density at radius 1 is 0.337 bits per heavy atom. The van der Waals surface area contributed by atoms with Crippen LogP contribution in [-0.2, 0) is 65.4 Å². The van der Waals surface area contributed by atoms with E-state index in [0.29, 0.717) is 31.6 Å². The van der Waals surface area contributed by atoms with Crippen molar-refractivity contribution in [3.8, 4) is 0 Å². The third-order valence-corrected chi connectivity index (χ3v) is 18.2. The molecule has 0 bridgehead atoms. The molecule has 0 aliphatic carbocycles. The molecule has 17 nitrogen and oxygen atoms in total. The molecule has 0 rings (SSSR count). The van der Waals surface area contributed by atoms with Crippen molar-refractivity contribution in [2.24, 2.45) is 17.8 Å². The van der Waals surface area contributed by atoms with Gasteiger partial charge in [0.15, 0.2) is 12.2 Å². The summed E-state index contributed by atoms with van der Waals surface area (Å²) in [6.45, 7) is 11.7. The average Bonchev–Trinajstić information content (AvgIpc) is 3.27. The molecular formula is C73H138O17P2. The van der Waals surface area contributed by atoms with E-state index in [1.165, 1.54) is 128 Å². The Morgan fingerprint density at radius 2 is 0.587 bits per heavy atom. The predicted molar refractivity (Wildman–Crippen MR) is 372 cm³/mol. The molecule has 0 fully saturated rings.